The van der Waals surface area contributed by atoms with Gasteiger partial charge in [0.1, 0.15) is 17.3 Å². The summed E-state index contributed by atoms with van der Waals surface area (Å²) >= 11 is 0. The van der Waals surface area contributed by atoms with E-state index in [2.05, 4.69) is 0 Å². The Hall–Kier alpha value is -1.25. The van der Waals surface area contributed by atoms with E-state index < -0.39 is 0 Å². The molecular weight excluding hydrogens is 219 g/mol. The predicted molar refractivity (Wildman–Crippen MR) is 65.3 cm³/mol. The van der Waals surface area contributed by atoms with Crippen molar-refractivity contribution in [3.05, 3.63) is 23.5 Å². The largest absolute Gasteiger partial charge is 0.496 e. The van der Waals surface area contributed by atoms with Crippen molar-refractivity contribution >= 4 is 0 Å². The number of rotatable bonds is 3. The minimum atomic E-state index is -0.307. The maximum absolute atomic E-state index is 13.4. The molecule has 1 aromatic rings. The molecule has 1 saturated carbocycles. The van der Waals surface area contributed by atoms with Crippen LogP contribution in [0.2, 0.25) is 0 Å². The summed E-state index contributed by atoms with van der Waals surface area (Å²) in [5.41, 5.74) is 1.04. The Bertz CT molecular complexity index is 359. The highest BCUT2D eigenvalue weighted by atomic mass is 19.1. The van der Waals surface area contributed by atoms with Crippen LogP contribution in [0.4, 0.5) is 4.39 Å². The molecule has 0 spiro atoms. The lowest BCUT2D eigenvalue weighted by Crippen LogP contribution is -2.08. The van der Waals surface area contributed by atoms with Gasteiger partial charge in [-0.3, -0.25) is 0 Å². The monoisotopic (exact) mass is 238 g/mol. The molecule has 0 atom stereocenters. The van der Waals surface area contributed by atoms with Crippen LogP contribution in [-0.2, 0) is 0 Å². The molecule has 0 unspecified atom stereocenters. The summed E-state index contributed by atoms with van der Waals surface area (Å²) < 4.78 is 24.0. The van der Waals surface area contributed by atoms with Gasteiger partial charge in [-0.25, -0.2) is 4.39 Å². The van der Waals surface area contributed by atoms with Gasteiger partial charge in [0.2, 0.25) is 0 Å². The zero-order valence-corrected chi connectivity index (χ0v) is 10.5. The third kappa shape index (κ3) is 2.54. The second-order valence-electron chi connectivity index (χ2n) is 4.56. The predicted octanol–water partition coefficient (Wildman–Crippen LogP) is 3.89. The maximum atomic E-state index is 13.4. The van der Waals surface area contributed by atoms with E-state index in [9.17, 15) is 4.39 Å². The zero-order valence-electron chi connectivity index (χ0n) is 10.5. The van der Waals surface area contributed by atoms with Crippen molar-refractivity contribution in [2.45, 2.75) is 38.0 Å². The van der Waals surface area contributed by atoms with Crippen molar-refractivity contribution in [1.82, 2.24) is 0 Å². The molecule has 2 nitrogen and oxygen atoms in total. The molecule has 2 rings (SSSR count). The highest BCUT2D eigenvalue weighted by Crippen LogP contribution is 2.43. The Morgan fingerprint density at radius 3 is 2.00 bits per heavy atom. The number of benzene rings is 1. The highest BCUT2D eigenvalue weighted by Gasteiger charge is 2.23. The van der Waals surface area contributed by atoms with Crippen LogP contribution in [0.3, 0.4) is 0 Å². The smallest absolute Gasteiger partial charge is 0.130 e. The molecule has 94 valence electrons. The molecule has 0 amide bonds. The first-order chi connectivity index (χ1) is 8.26. The van der Waals surface area contributed by atoms with E-state index in [0.717, 1.165) is 18.4 Å². The van der Waals surface area contributed by atoms with Crippen molar-refractivity contribution in [2.75, 3.05) is 14.2 Å². The minimum absolute atomic E-state index is 0.307. The number of halogens is 1. The van der Waals surface area contributed by atoms with Crippen LogP contribution in [0, 0.1) is 5.82 Å². The van der Waals surface area contributed by atoms with E-state index in [1.807, 2.05) is 0 Å². The van der Waals surface area contributed by atoms with Crippen LogP contribution in [0.1, 0.15) is 43.6 Å². The number of methoxy groups -OCH3 is 2. The van der Waals surface area contributed by atoms with Crippen molar-refractivity contribution < 1.29 is 13.9 Å². The Kier molecular flexibility index (Phi) is 3.87. The molecule has 0 radical (unpaired) electrons. The van der Waals surface area contributed by atoms with Gasteiger partial charge in [0, 0.05) is 17.7 Å². The van der Waals surface area contributed by atoms with Crippen molar-refractivity contribution in [3.63, 3.8) is 0 Å². The highest BCUT2D eigenvalue weighted by molar-refractivity contribution is 5.48. The molecule has 1 aromatic carbocycles. The lowest BCUT2D eigenvalue weighted by Gasteiger charge is -2.25. The quantitative estimate of drug-likeness (QED) is 0.795. The molecule has 0 saturated heterocycles. The SMILES string of the molecule is COc1cc(F)cc(OC)c1C1CCCCC1. The fraction of sp³-hybridized carbons (Fsp3) is 0.571. The Labute approximate surface area is 102 Å². The van der Waals surface area contributed by atoms with Gasteiger partial charge in [0.05, 0.1) is 14.2 Å². The lowest BCUT2D eigenvalue weighted by molar-refractivity contribution is 0.355. The van der Waals surface area contributed by atoms with Crippen LogP contribution in [0.5, 0.6) is 11.5 Å². The number of ether oxygens (including phenoxy) is 2. The fourth-order valence-electron chi connectivity index (χ4n) is 2.70. The van der Waals surface area contributed by atoms with Crippen LogP contribution in [0.25, 0.3) is 0 Å². The van der Waals surface area contributed by atoms with Crippen molar-refractivity contribution in [2.24, 2.45) is 0 Å². The fourth-order valence-corrected chi connectivity index (χ4v) is 2.70. The zero-order chi connectivity index (χ0) is 12.3. The third-order valence-electron chi connectivity index (χ3n) is 3.52. The van der Waals surface area contributed by atoms with Gasteiger partial charge in [0.25, 0.3) is 0 Å². The van der Waals surface area contributed by atoms with Gasteiger partial charge in [-0.2, -0.15) is 0 Å². The Morgan fingerprint density at radius 1 is 1.00 bits per heavy atom. The van der Waals surface area contributed by atoms with E-state index in [1.54, 1.807) is 14.2 Å². The molecule has 3 heteroatoms. The van der Waals surface area contributed by atoms with Gasteiger partial charge in [-0.15, -0.1) is 0 Å². The number of hydrogen-bond acceptors (Lipinski definition) is 2. The van der Waals surface area contributed by atoms with Gasteiger partial charge in [-0.1, -0.05) is 19.3 Å². The molecule has 0 aliphatic heterocycles. The summed E-state index contributed by atoms with van der Waals surface area (Å²) in [5.74, 6) is 1.37. The second kappa shape index (κ2) is 5.39. The molecular formula is C14H19FO2. The van der Waals surface area contributed by atoms with E-state index in [-0.39, 0.29) is 5.82 Å². The lowest BCUT2D eigenvalue weighted by atomic mass is 9.83. The summed E-state index contributed by atoms with van der Waals surface area (Å²) in [4.78, 5) is 0. The summed E-state index contributed by atoms with van der Waals surface area (Å²) in [6, 6.07) is 2.90. The molecule has 17 heavy (non-hydrogen) atoms. The van der Waals surface area contributed by atoms with Gasteiger partial charge >= 0.3 is 0 Å². The molecule has 1 aliphatic rings. The Morgan fingerprint density at radius 2 is 1.53 bits per heavy atom. The van der Waals surface area contributed by atoms with E-state index in [0.29, 0.717) is 17.4 Å². The summed E-state index contributed by atoms with van der Waals surface area (Å²) in [6.07, 6.45) is 6.03. The topological polar surface area (TPSA) is 18.5 Å². The average molecular weight is 238 g/mol. The van der Waals surface area contributed by atoms with Crippen molar-refractivity contribution in [1.29, 1.82) is 0 Å². The summed E-state index contributed by atoms with van der Waals surface area (Å²) in [7, 11) is 3.17. The normalized spacial score (nSPS) is 16.9. The number of hydrogen-bond donors (Lipinski definition) is 0. The summed E-state index contributed by atoms with van der Waals surface area (Å²) in [6.45, 7) is 0. The maximum Gasteiger partial charge on any atom is 0.130 e. The van der Waals surface area contributed by atoms with Gasteiger partial charge < -0.3 is 9.47 Å². The van der Waals surface area contributed by atoms with Crippen LogP contribution >= 0.6 is 0 Å². The molecule has 0 aromatic heterocycles. The van der Waals surface area contributed by atoms with Crippen LogP contribution < -0.4 is 9.47 Å². The van der Waals surface area contributed by atoms with Gasteiger partial charge in [-0.05, 0) is 18.8 Å². The molecule has 0 heterocycles. The molecule has 1 aliphatic carbocycles. The third-order valence-corrected chi connectivity index (χ3v) is 3.52. The first-order valence-electron chi connectivity index (χ1n) is 6.17. The van der Waals surface area contributed by atoms with Crippen LogP contribution in [-0.4, -0.2) is 14.2 Å². The minimum Gasteiger partial charge on any atom is -0.496 e. The van der Waals surface area contributed by atoms with Crippen molar-refractivity contribution in [3.8, 4) is 11.5 Å². The second-order valence-corrected chi connectivity index (χ2v) is 4.56. The van der Waals surface area contributed by atoms with Gasteiger partial charge in [0.15, 0.2) is 0 Å². The average Bonchev–Trinajstić information content (AvgIpc) is 2.38. The Balaban J connectivity index is 2.41. The van der Waals surface area contributed by atoms with E-state index in [4.69, 9.17) is 9.47 Å². The first kappa shape index (κ1) is 12.2. The standard InChI is InChI=1S/C14H19FO2/c1-16-12-8-11(15)9-13(17-2)14(12)10-6-4-3-5-7-10/h8-10H,3-7H2,1-2H3. The molecule has 0 bridgehead atoms. The van der Waals surface area contributed by atoms with E-state index >= 15 is 0 Å². The first-order valence-corrected chi connectivity index (χ1v) is 6.17. The molecule has 0 N–H and O–H groups in total. The van der Waals surface area contributed by atoms with E-state index in [1.165, 1.54) is 31.4 Å². The molecule has 1 fully saturated rings. The summed E-state index contributed by atoms with van der Waals surface area (Å²) in [5, 5.41) is 0. The van der Waals surface area contributed by atoms with Crippen LogP contribution in [0.15, 0.2) is 12.1 Å².